The molecular formula is C28H54N11O13P. The number of hydrogen-bond donors (Lipinski definition) is 14. The topological polar surface area (TPSA) is 429 Å². The number of amides is 6. The lowest BCUT2D eigenvalue weighted by Crippen LogP contribution is -2.61. The van der Waals surface area contributed by atoms with Gasteiger partial charge >= 0.3 is 13.8 Å². The molecule has 0 saturated carbocycles. The highest BCUT2D eigenvalue weighted by atomic mass is 31.2. The number of aliphatic hydroxyl groups excluding tert-OH is 1. The predicted molar refractivity (Wildman–Crippen MR) is 186 cm³/mol. The summed E-state index contributed by atoms with van der Waals surface area (Å²) in [6.45, 7) is 3.67. The predicted octanol–water partition coefficient (Wildman–Crippen LogP) is -5.83. The average Bonchev–Trinajstić information content (AvgIpc) is 3.03. The van der Waals surface area contributed by atoms with Crippen molar-refractivity contribution in [1.29, 1.82) is 0 Å². The Morgan fingerprint density at radius 1 is 0.717 bits per heavy atom. The molecule has 19 N–H and O–H groups in total. The summed E-state index contributed by atoms with van der Waals surface area (Å²) in [6.07, 6.45) is -3.75. The summed E-state index contributed by atoms with van der Waals surface area (Å²) in [5.74, 6) is -7.87. The van der Waals surface area contributed by atoms with E-state index in [0.29, 0.717) is 6.42 Å². The number of carboxylic acid groups (broad SMARTS) is 1. The molecule has 8 atom stereocenters. The highest BCUT2D eigenvalue weighted by molar-refractivity contribution is 7.46. The molecule has 0 bridgehead atoms. The van der Waals surface area contributed by atoms with Crippen LogP contribution in [0.2, 0.25) is 0 Å². The van der Waals surface area contributed by atoms with Crippen LogP contribution in [0, 0.1) is 0 Å². The van der Waals surface area contributed by atoms with Crippen LogP contribution in [-0.4, -0.2) is 129 Å². The number of primary amides is 1. The van der Waals surface area contributed by atoms with Gasteiger partial charge in [-0.15, -0.1) is 0 Å². The molecule has 0 rings (SSSR count). The van der Waals surface area contributed by atoms with Gasteiger partial charge in [0.25, 0.3) is 0 Å². The smallest absolute Gasteiger partial charge is 0.469 e. The van der Waals surface area contributed by atoms with E-state index in [-0.39, 0.29) is 44.7 Å². The summed E-state index contributed by atoms with van der Waals surface area (Å²) >= 11 is 0. The van der Waals surface area contributed by atoms with E-state index in [9.17, 15) is 58.1 Å². The van der Waals surface area contributed by atoms with Crippen molar-refractivity contribution in [2.24, 2.45) is 33.7 Å². The molecule has 0 unspecified atom stereocenters. The third-order valence-corrected chi connectivity index (χ3v) is 7.89. The van der Waals surface area contributed by atoms with Gasteiger partial charge in [-0.25, -0.2) is 9.36 Å². The van der Waals surface area contributed by atoms with Crippen molar-refractivity contribution < 1.29 is 62.7 Å². The number of aliphatic hydroxyl groups is 1. The maximum absolute atomic E-state index is 13.7. The molecule has 6 amide bonds. The number of phosphoric acid groups is 1. The number of nitrogens with two attached hydrogens (primary N) is 5. The van der Waals surface area contributed by atoms with Gasteiger partial charge in [0, 0.05) is 13.0 Å². The molecule has 25 heteroatoms. The first-order valence-corrected chi connectivity index (χ1v) is 18.0. The van der Waals surface area contributed by atoms with E-state index in [1.54, 1.807) is 0 Å². The Hall–Kier alpha value is -4.45. The molecule has 0 saturated heterocycles. The van der Waals surface area contributed by atoms with E-state index < -0.39 is 111 Å². The molecule has 0 aliphatic rings. The summed E-state index contributed by atoms with van der Waals surface area (Å²) in [4.78, 5) is 112. The second-order valence-corrected chi connectivity index (χ2v) is 13.3. The molecule has 0 spiro atoms. The van der Waals surface area contributed by atoms with E-state index in [0.717, 1.165) is 13.8 Å². The normalized spacial score (nSPS) is 15.8. The largest absolute Gasteiger partial charge is 0.480 e. The fraction of sp³-hybridized carbons (Fsp3) is 0.714. The number of carbonyl (C=O) groups is 7. The SMILES string of the molecule is C[C@H](N)C(=O)N[C@@H](CCCN=C(N)N)C(=O)N[C@H](C(=O)N[C@@H](CCCCN)C(=O)N[C@@H](CCC(N)=O)C(=O)N[C@H](C(=O)O)[C@@H](C)O)[C@@H](C)OP(=O)(O)O. The third kappa shape index (κ3) is 20.4. The molecule has 0 aromatic rings. The minimum absolute atomic E-state index is 0.0375. The van der Waals surface area contributed by atoms with Crippen molar-refractivity contribution >= 4 is 55.2 Å². The van der Waals surface area contributed by atoms with Crippen LogP contribution in [0.1, 0.15) is 65.7 Å². The Bertz CT molecular complexity index is 1340. The molecule has 0 fully saturated rings. The number of carbonyl (C=O) groups excluding carboxylic acids is 6. The molecule has 0 aromatic carbocycles. The molecule has 0 aromatic heterocycles. The van der Waals surface area contributed by atoms with Gasteiger partial charge in [-0.3, -0.25) is 38.3 Å². The van der Waals surface area contributed by atoms with Crippen LogP contribution in [0.15, 0.2) is 4.99 Å². The Labute approximate surface area is 305 Å². The van der Waals surface area contributed by atoms with Crippen LogP contribution in [0.5, 0.6) is 0 Å². The van der Waals surface area contributed by atoms with Crippen LogP contribution >= 0.6 is 7.82 Å². The van der Waals surface area contributed by atoms with Gasteiger partial charge in [-0.2, -0.15) is 0 Å². The van der Waals surface area contributed by atoms with Crippen molar-refractivity contribution in [3.63, 3.8) is 0 Å². The fourth-order valence-corrected chi connectivity index (χ4v) is 5.05. The monoisotopic (exact) mass is 783 g/mol. The van der Waals surface area contributed by atoms with Crippen LogP contribution in [0.25, 0.3) is 0 Å². The van der Waals surface area contributed by atoms with Crippen LogP contribution in [-0.2, 0) is 42.7 Å². The number of unbranched alkanes of at least 4 members (excludes halogenated alkanes) is 1. The lowest BCUT2D eigenvalue weighted by atomic mass is 10.0. The van der Waals surface area contributed by atoms with Crippen molar-refractivity contribution in [2.75, 3.05) is 13.1 Å². The quantitative estimate of drug-likeness (QED) is 0.0168. The van der Waals surface area contributed by atoms with Gasteiger partial charge in [0.1, 0.15) is 24.2 Å². The molecule has 0 aliphatic carbocycles. The lowest BCUT2D eigenvalue weighted by Gasteiger charge is -2.29. The van der Waals surface area contributed by atoms with Gasteiger partial charge in [0.15, 0.2) is 12.0 Å². The second-order valence-electron chi connectivity index (χ2n) is 12.1. The van der Waals surface area contributed by atoms with Crippen molar-refractivity contribution in [3.05, 3.63) is 0 Å². The first kappa shape index (κ1) is 48.5. The number of hydrogen-bond acceptors (Lipinski definition) is 13. The molecule has 53 heavy (non-hydrogen) atoms. The summed E-state index contributed by atoms with van der Waals surface area (Å²) in [5, 5.41) is 30.5. The Balaban J connectivity index is 6.57. The fourth-order valence-electron chi connectivity index (χ4n) is 4.50. The minimum atomic E-state index is -5.29. The molecule has 24 nitrogen and oxygen atoms in total. The lowest BCUT2D eigenvalue weighted by molar-refractivity contribution is -0.145. The zero-order valence-corrected chi connectivity index (χ0v) is 30.6. The maximum Gasteiger partial charge on any atom is 0.469 e. The molecule has 0 radical (unpaired) electrons. The number of nitrogens with zero attached hydrogens (tertiary/aromatic N) is 1. The number of carboxylic acids is 1. The van der Waals surface area contributed by atoms with Gasteiger partial charge in [-0.1, -0.05) is 0 Å². The van der Waals surface area contributed by atoms with E-state index in [1.807, 2.05) is 0 Å². The van der Waals surface area contributed by atoms with Gasteiger partial charge in [0.05, 0.1) is 18.2 Å². The highest BCUT2D eigenvalue weighted by Gasteiger charge is 2.37. The summed E-state index contributed by atoms with van der Waals surface area (Å²) in [7, 11) is -5.29. The van der Waals surface area contributed by atoms with E-state index >= 15 is 0 Å². The van der Waals surface area contributed by atoms with Crippen molar-refractivity contribution in [2.45, 2.75) is 114 Å². The first-order chi connectivity index (χ1) is 24.5. The van der Waals surface area contributed by atoms with Gasteiger partial charge in [0.2, 0.25) is 35.4 Å². The minimum Gasteiger partial charge on any atom is -0.480 e. The van der Waals surface area contributed by atoms with Crippen LogP contribution in [0.3, 0.4) is 0 Å². The van der Waals surface area contributed by atoms with E-state index in [2.05, 4.69) is 36.1 Å². The standard InChI is InChI=1S/C28H54N11O13P/c1-13(30)22(42)35-17(8-6-12-34-28(32)33)24(44)39-21(15(3)52-53(49,50)51)26(46)37-16(7-4-5-11-29)23(43)36-18(9-10-19(31)41)25(45)38-20(14(2)40)27(47)48/h13-18,20-21,40H,4-12,29-30H2,1-3H3,(H2,31,41)(H,35,42)(H,36,43)(H,37,46)(H,38,45)(H,39,44)(H,47,48)(H4,32,33,34)(H2,49,50,51)/t13-,14+,15+,16-,17-,18-,20-,21-/m0/s1. The zero-order valence-electron chi connectivity index (χ0n) is 29.7. The van der Waals surface area contributed by atoms with Crippen LogP contribution < -0.4 is 55.3 Å². The number of aliphatic imine (C=N–C) groups is 1. The number of phosphoric ester groups is 1. The number of nitrogens with one attached hydrogen (secondary N) is 5. The van der Waals surface area contributed by atoms with Crippen molar-refractivity contribution in [3.8, 4) is 0 Å². The number of guanidine groups is 1. The maximum atomic E-state index is 13.7. The number of rotatable bonds is 26. The molecule has 0 heterocycles. The van der Waals surface area contributed by atoms with Crippen LogP contribution in [0.4, 0.5) is 0 Å². The Morgan fingerprint density at radius 2 is 1.19 bits per heavy atom. The zero-order chi connectivity index (χ0) is 41.1. The summed E-state index contributed by atoms with van der Waals surface area (Å²) < 4.78 is 16.4. The van der Waals surface area contributed by atoms with E-state index in [1.165, 1.54) is 6.92 Å². The van der Waals surface area contributed by atoms with Gasteiger partial charge in [-0.05, 0) is 65.8 Å². The van der Waals surface area contributed by atoms with E-state index in [4.69, 9.17) is 28.7 Å². The highest BCUT2D eigenvalue weighted by Crippen LogP contribution is 2.38. The number of aliphatic carboxylic acids is 1. The molecule has 0 aliphatic heterocycles. The van der Waals surface area contributed by atoms with Crippen molar-refractivity contribution in [1.82, 2.24) is 26.6 Å². The third-order valence-electron chi connectivity index (χ3n) is 7.28. The Morgan fingerprint density at radius 3 is 1.64 bits per heavy atom. The Kier molecular flexibility index (Phi) is 22.0. The average molecular weight is 784 g/mol. The van der Waals surface area contributed by atoms with Gasteiger partial charge < -0.3 is 75.3 Å². The molecule has 304 valence electrons. The summed E-state index contributed by atoms with van der Waals surface area (Å²) in [6, 6.07) is -9.30. The second kappa shape index (κ2) is 24.0. The molecular weight excluding hydrogens is 729 g/mol. The first-order valence-electron chi connectivity index (χ1n) is 16.5. The summed E-state index contributed by atoms with van der Waals surface area (Å²) in [5.41, 5.74) is 27.0.